The van der Waals surface area contributed by atoms with E-state index in [2.05, 4.69) is 5.32 Å². The molecule has 0 atom stereocenters. The van der Waals surface area contributed by atoms with Gasteiger partial charge in [0.1, 0.15) is 5.75 Å². The van der Waals surface area contributed by atoms with E-state index >= 15 is 0 Å². The largest absolute Gasteiger partial charge is 0.484 e. The van der Waals surface area contributed by atoms with E-state index < -0.39 is 34.3 Å². The smallest absolute Gasteiger partial charge is 0.416 e. The van der Waals surface area contributed by atoms with Crippen molar-refractivity contribution in [3.05, 3.63) is 119 Å². The number of rotatable bonds is 9. The van der Waals surface area contributed by atoms with Gasteiger partial charge in [0.05, 0.1) is 22.7 Å². The third kappa shape index (κ3) is 7.34. The number of anilines is 2. The number of halogens is 4. The molecule has 4 aromatic rings. The molecule has 0 saturated carbocycles. The number of hydrogen-bond donors (Lipinski definition) is 1. The van der Waals surface area contributed by atoms with Crippen molar-refractivity contribution in [1.82, 2.24) is 0 Å². The standard InChI is InChI=1S/C29H24ClF3N2O4S/c1-20-2-16-27(17-3-20)40(37,38)35(18-21-4-8-23(30)9-5-21)25-12-14-26(15-13-25)39-19-28(36)34-24-10-6-22(7-11-24)29(31,32)33/h2-17H,18-19H2,1H3,(H,34,36). The molecule has 6 nitrogen and oxygen atoms in total. The lowest BCUT2D eigenvalue weighted by Crippen LogP contribution is -2.30. The van der Waals surface area contributed by atoms with Crippen LogP contribution in [0.1, 0.15) is 16.7 Å². The molecule has 0 spiro atoms. The van der Waals surface area contributed by atoms with Crippen molar-refractivity contribution in [1.29, 1.82) is 0 Å². The first kappa shape index (κ1) is 29.0. The zero-order chi connectivity index (χ0) is 28.9. The minimum atomic E-state index is -4.47. The zero-order valence-corrected chi connectivity index (χ0v) is 22.7. The summed E-state index contributed by atoms with van der Waals surface area (Å²) in [5, 5.41) is 2.99. The van der Waals surface area contributed by atoms with Crippen molar-refractivity contribution in [2.24, 2.45) is 0 Å². The highest BCUT2D eigenvalue weighted by Crippen LogP contribution is 2.30. The minimum Gasteiger partial charge on any atom is -0.484 e. The fraction of sp³-hybridized carbons (Fsp3) is 0.138. The second kappa shape index (κ2) is 12.0. The van der Waals surface area contributed by atoms with Gasteiger partial charge in [0.15, 0.2) is 6.61 Å². The van der Waals surface area contributed by atoms with Gasteiger partial charge in [-0.05, 0) is 85.3 Å². The molecule has 0 aliphatic heterocycles. The highest BCUT2D eigenvalue weighted by molar-refractivity contribution is 7.92. The van der Waals surface area contributed by atoms with Crippen LogP contribution in [0.4, 0.5) is 24.5 Å². The molecule has 1 amide bonds. The van der Waals surface area contributed by atoms with E-state index in [1.165, 1.54) is 16.4 Å². The summed E-state index contributed by atoms with van der Waals surface area (Å²) in [4.78, 5) is 12.4. The predicted octanol–water partition coefficient (Wildman–Crippen LogP) is 7.08. The third-order valence-electron chi connectivity index (χ3n) is 5.84. The Labute approximate surface area is 235 Å². The molecular formula is C29H24ClF3N2O4S. The van der Waals surface area contributed by atoms with Gasteiger partial charge in [-0.3, -0.25) is 9.10 Å². The van der Waals surface area contributed by atoms with Crippen molar-refractivity contribution in [2.75, 3.05) is 16.2 Å². The number of carbonyl (C=O) groups is 1. The highest BCUT2D eigenvalue weighted by atomic mass is 35.5. The van der Waals surface area contributed by atoms with Crippen LogP contribution in [0.15, 0.2) is 102 Å². The maximum absolute atomic E-state index is 13.6. The summed E-state index contributed by atoms with van der Waals surface area (Å²) >= 11 is 5.99. The van der Waals surface area contributed by atoms with Crippen molar-refractivity contribution in [3.8, 4) is 5.75 Å². The average molecular weight is 589 g/mol. The summed E-state index contributed by atoms with van der Waals surface area (Å²) in [7, 11) is -3.94. The van der Waals surface area contributed by atoms with Gasteiger partial charge in [0.2, 0.25) is 0 Å². The first-order chi connectivity index (χ1) is 18.9. The molecule has 0 fully saturated rings. The van der Waals surface area contributed by atoms with E-state index in [1.807, 2.05) is 6.92 Å². The number of benzene rings is 4. The first-order valence-electron chi connectivity index (χ1n) is 12.0. The monoisotopic (exact) mass is 588 g/mol. The van der Waals surface area contributed by atoms with Crippen LogP contribution in [0.2, 0.25) is 5.02 Å². The molecule has 0 aliphatic rings. The Bertz CT molecular complexity index is 1560. The van der Waals surface area contributed by atoms with E-state index in [0.29, 0.717) is 16.5 Å². The number of aryl methyl sites for hydroxylation is 1. The van der Waals surface area contributed by atoms with E-state index in [0.717, 1.165) is 35.4 Å². The lowest BCUT2D eigenvalue weighted by molar-refractivity contribution is -0.137. The van der Waals surface area contributed by atoms with Crippen LogP contribution < -0.4 is 14.4 Å². The second-order valence-corrected chi connectivity index (χ2v) is 11.2. The Morgan fingerprint density at radius 2 is 1.48 bits per heavy atom. The lowest BCUT2D eigenvalue weighted by Gasteiger charge is -2.25. The van der Waals surface area contributed by atoms with Gasteiger partial charge in [0, 0.05) is 10.7 Å². The fourth-order valence-electron chi connectivity index (χ4n) is 3.71. The molecule has 0 aromatic heterocycles. The molecule has 4 rings (SSSR count). The number of carbonyl (C=O) groups excluding carboxylic acids is 1. The number of hydrogen-bond acceptors (Lipinski definition) is 4. The predicted molar refractivity (Wildman–Crippen MR) is 148 cm³/mol. The maximum Gasteiger partial charge on any atom is 0.416 e. The van der Waals surface area contributed by atoms with Crippen molar-refractivity contribution in [3.63, 3.8) is 0 Å². The Morgan fingerprint density at radius 1 is 0.875 bits per heavy atom. The third-order valence-corrected chi connectivity index (χ3v) is 7.88. The van der Waals surface area contributed by atoms with Crippen LogP contribution in [0, 0.1) is 6.92 Å². The molecule has 40 heavy (non-hydrogen) atoms. The summed E-state index contributed by atoms with van der Waals surface area (Å²) in [5.41, 5.74) is 1.39. The number of nitrogens with zero attached hydrogens (tertiary/aromatic N) is 1. The van der Waals surface area contributed by atoms with Crippen LogP contribution in [-0.4, -0.2) is 20.9 Å². The van der Waals surface area contributed by atoms with E-state index in [1.54, 1.807) is 60.7 Å². The normalized spacial score (nSPS) is 11.6. The van der Waals surface area contributed by atoms with Gasteiger partial charge in [0.25, 0.3) is 15.9 Å². The van der Waals surface area contributed by atoms with Gasteiger partial charge < -0.3 is 10.1 Å². The summed E-state index contributed by atoms with van der Waals surface area (Å²) < 4.78 is 72.1. The molecule has 0 bridgehead atoms. The van der Waals surface area contributed by atoms with Crippen LogP contribution in [0.25, 0.3) is 0 Å². The highest BCUT2D eigenvalue weighted by Gasteiger charge is 2.30. The molecule has 0 heterocycles. The molecular weight excluding hydrogens is 565 g/mol. The Kier molecular flexibility index (Phi) is 8.70. The van der Waals surface area contributed by atoms with Crippen LogP contribution >= 0.6 is 11.6 Å². The van der Waals surface area contributed by atoms with Crippen molar-refractivity contribution in [2.45, 2.75) is 24.5 Å². The summed E-state index contributed by atoms with van der Waals surface area (Å²) in [6.45, 7) is 1.50. The van der Waals surface area contributed by atoms with E-state index in [4.69, 9.17) is 16.3 Å². The summed E-state index contributed by atoms with van der Waals surface area (Å²) in [6.07, 6.45) is -4.47. The van der Waals surface area contributed by atoms with Crippen LogP contribution in [0.5, 0.6) is 5.75 Å². The fourth-order valence-corrected chi connectivity index (χ4v) is 5.28. The second-order valence-electron chi connectivity index (χ2n) is 8.86. The number of alkyl halides is 3. The molecule has 0 unspecified atom stereocenters. The Morgan fingerprint density at radius 3 is 2.05 bits per heavy atom. The number of sulfonamides is 1. The number of ether oxygens (including phenoxy) is 1. The van der Waals surface area contributed by atoms with Crippen LogP contribution in [0.3, 0.4) is 0 Å². The van der Waals surface area contributed by atoms with Gasteiger partial charge >= 0.3 is 6.18 Å². The SMILES string of the molecule is Cc1ccc(S(=O)(=O)N(Cc2ccc(Cl)cc2)c2ccc(OCC(=O)Nc3ccc(C(F)(F)F)cc3)cc2)cc1. The van der Waals surface area contributed by atoms with Crippen molar-refractivity contribution < 1.29 is 31.1 Å². The maximum atomic E-state index is 13.6. The molecule has 11 heteroatoms. The number of amides is 1. The Balaban J connectivity index is 1.47. The molecule has 1 N–H and O–H groups in total. The minimum absolute atomic E-state index is 0.0448. The molecule has 4 aromatic carbocycles. The lowest BCUT2D eigenvalue weighted by atomic mass is 10.2. The van der Waals surface area contributed by atoms with Gasteiger partial charge in [-0.15, -0.1) is 0 Å². The quantitative estimate of drug-likeness (QED) is 0.227. The zero-order valence-electron chi connectivity index (χ0n) is 21.2. The van der Waals surface area contributed by atoms with E-state index in [-0.39, 0.29) is 17.1 Å². The van der Waals surface area contributed by atoms with Gasteiger partial charge in [-0.25, -0.2) is 8.42 Å². The van der Waals surface area contributed by atoms with Gasteiger partial charge in [-0.1, -0.05) is 41.4 Å². The van der Waals surface area contributed by atoms with E-state index in [9.17, 15) is 26.4 Å². The van der Waals surface area contributed by atoms with Crippen molar-refractivity contribution >= 4 is 38.9 Å². The van der Waals surface area contributed by atoms with Crippen LogP contribution in [-0.2, 0) is 27.5 Å². The number of nitrogens with one attached hydrogen (secondary N) is 1. The average Bonchev–Trinajstić information content (AvgIpc) is 2.92. The van der Waals surface area contributed by atoms with Gasteiger partial charge in [-0.2, -0.15) is 13.2 Å². The molecule has 208 valence electrons. The molecule has 0 saturated heterocycles. The topological polar surface area (TPSA) is 75.7 Å². The molecule has 0 aliphatic carbocycles. The summed E-state index contributed by atoms with van der Waals surface area (Å²) in [6, 6.07) is 23.6. The first-order valence-corrected chi connectivity index (χ1v) is 13.8. The summed E-state index contributed by atoms with van der Waals surface area (Å²) in [5.74, 6) is -0.277. The molecule has 0 radical (unpaired) electrons. The Hall–Kier alpha value is -4.02.